The molecule has 4 fully saturated rings. The second kappa shape index (κ2) is 9.55. The zero-order valence-corrected chi connectivity index (χ0v) is 22.7. The number of aromatic nitrogens is 2. The van der Waals surface area contributed by atoms with Crippen molar-refractivity contribution >= 4 is 16.3 Å². The van der Waals surface area contributed by atoms with Crippen molar-refractivity contribution in [2.24, 2.45) is 29.6 Å². The van der Waals surface area contributed by atoms with Gasteiger partial charge in [-0.1, -0.05) is 46.1 Å². The summed E-state index contributed by atoms with van der Waals surface area (Å²) in [6.07, 6.45) is 14.6. The molecule has 1 aromatic heterocycles. The molecule has 0 N–H and O–H groups in total. The second-order valence-electron chi connectivity index (χ2n) is 11.9. The highest BCUT2D eigenvalue weighted by Gasteiger charge is 2.72. The third-order valence-corrected chi connectivity index (χ3v) is 10.7. The van der Waals surface area contributed by atoms with Crippen LogP contribution in [0, 0.1) is 29.6 Å². The molecule has 1 aromatic rings. The van der Waals surface area contributed by atoms with Crippen molar-refractivity contribution in [3.8, 4) is 0 Å². The highest BCUT2D eigenvalue weighted by atomic mass is 32.2. The molecule has 2 aliphatic heterocycles. The Morgan fingerprint density at radius 2 is 1.94 bits per heavy atom. The first kappa shape index (κ1) is 25.9. The average molecular weight is 521 g/mol. The summed E-state index contributed by atoms with van der Waals surface area (Å²) >= 11 is 0. The fourth-order valence-corrected chi connectivity index (χ4v) is 8.52. The van der Waals surface area contributed by atoms with Crippen LogP contribution in [0.5, 0.6) is 0 Å². The predicted octanol–water partition coefficient (Wildman–Crippen LogP) is 4.66. The Balaban J connectivity index is 1.44. The van der Waals surface area contributed by atoms with Gasteiger partial charge < -0.3 is 9.47 Å². The monoisotopic (exact) mass is 520 g/mol. The van der Waals surface area contributed by atoms with E-state index in [1.807, 2.05) is 13.0 Å². The standard InChI is InChI=1S/C27H40N2O6S/c1-18(2)27-16-22(34-36(31,32)29-15-14-28-17-29)26(4,35-27)21-12-10-19(3)24(21)25(27)33-23(30)13-11-20-8-6-5-7-9-20/h11,13-15,17-22,24-25H,5-10,12,16H2,1-4H3/b13-11+. The Bertz CT molecular complexity index is 1080. The Kier molecular flexibility index (Phi) is 6.88. The molecule has 2 saturated carbocycles. The van der Waals surface area contributed by atoms with Crippen molar-refractivity contribution in [2.75, 3.05) is 0 Å². The first-order valence-corrected chi connectivity index (χ1v) is 14.9. The lowest BCUT2D eigenvalue weighted by atomic mass is 9.69. The van der Waals surface area contributed by atoms with E-state index in [9.17, 15) is 13.2 Å². The molecule has 0 amide bonds. The second-order valence-corrected chi connectivity index (χ2v) is 13.4. The third kappa shape index (κ3) is 4.35. The molecule has 2 saturated heterocycles. The van der Waals surface area contributed by atoms with Gasteiger partial charge in [0.05, 0.1) is 5.60 Å². The minimum atomic E-state index is -4.08. The molecular weight excluding hydrogens is 480 g/mol. The molecule has 9 heteroatoms. The van der Waals surface area contributed by atoms with Crippen LogP contribution < -0.4 is 0 Å². The van der Waals surface area contributed by atoms with E-state index in [1.165, 1.54) is 38.0 Å². The van der Waals surface area contributed by atoms with Crippen molar-refractivity contribution in [1.82, 2.24) is 8.96 Å². The SMILES string of the molecule is CC1CCC2C1C(OC(=O)/C=C/C1CCCCC1)C1(C(C)C)CC(OS(=O)(=O)n3ccnc3)C2(C)O1. The van der Waals surface area contributed by atoms with Gasteiger partial charge in [-0.15, -0.1) is 0 Å². The largest absolute Gasteiger partial charge is 0.456 e. The summed E-state index contributed by atoms with van der Waals surface area (Å²) in [6.45, 7) is 8.32. The third-order valence-electron chi connectivity index (χ3n) is 9.53. The van der Waals surface area contributed by atoms with E-state index in [1.54, 1.807) is 6.08 Å². The highest BCUT2D eigenvalue weighted by molar-refractivity contribution is 7.85. The van der Waals surface area contributed by atoms with E-state index in [0.717, 1.165) is 29.7 Å². The van der Waals surface area contributed by atoms with Gasteiger partial charge in [0, 0.05) is 30.8 Å². The summed E-state index contributed by atoms with van der Waals surface area (Å²) in [5.41, 5.74) is -1.62. The number of allylic oxidation sites excluding steroid dienone is 1. The fourth-order valence-electron chi connectivity index (χ4n) is 7.50. The maximum atomic E-state index is 13.1. The Morgan fingerprint density at radius 3 is 2.61 bits per heavy atom. The van der Waals surface area contributed by atoms with Crippen molar-refractivity contribution in [1.29, 1.82) is 0 Å². The first-order chi connectivity index (χ1) is 17.1. The first-order valence-electron chi connectivity index (χ1n) is 13.6. The predicted molar refractivity (Wildman–Crippen MR) is 134 cm³/mol. The number of hydrogen-bond acceptors (Lipinski definition) is 7. The molecule has 4 aliphatic rings. The molecule has 0 radical (unpaired) electrons. The maximum Gasteiger partial charge on any atom is 0.367 e. The van der Waals surface area contributed by atoms with Crippen LogP contribution in [-0.4, -0.2) is 46.8 Å². The molecule has 8 nitrogen and oxygen atoms in total. The van der Waals surface area contributed by atoms with E-state index in [4.69, 9.17) is 13.7 Å². The molecule has 0 aromatic carbocycles. The summed E-state index contributed by atoms with van der Waals surface area (Å²) in [6, 6.07) is 0. The summed E-state index contributed by atoms with van der Waals surface area (Å²) in [5.74, 6) is 0.557. The van der Waals surface area contributed by atoms with Gasteiger partial charge in [-0.2, -0.15) is 8.42 Å². The van der Waals surface area contributed by atoms with Crippen LogP contribution in [0.1, 0.15) is 79.1 Å². The molecule has 0 spiro atoms. The van der Waals surface area contributed by atoms with Gasteiger partial charge in [0.2, 0.25) is 0 Å². The molecule has 7 atom stereocenters. The van der Waals surface area contributed by atoms with Crippen molar-refractivity contribution < 1.29 is 26.9 Å². The number of imidazole rings is 1. The normalized spacial score (nSPS) is 39.1. The Labute approximate surface area is 215 Å². The zero-order valence-electron chi connectivity index (χ0n) is 21.8. The number of fused-ring (bicyclic) bond motifs is 4. The molecule has 5 rings (SSSR count). The Hall–Kier alpha value is -1.71. The maximum absolute atomic E-state index is 13.1. The quantitative estimate of drug-likeness (QED) is 0.381. The lowest BCUT2D eigenvalue weighted by Gasteiger charge is -2.53. The average Bonchev–Trinajstić information content (AvgIpc) is 3.56. The van der Waals surface area contributed by atoms with Gasteiger partial charge >= 0.3 is 16.3 Å². The van der Waals surface area contributed by atoms with Crippen LogP contribution in [0.15, 0.2) is 30.9 Å². The number of nitrogens with zero attached hydrogens (tertiary/aromatic N) is 2. The fraction of sp³-hybridized carbons (Fsp3) is 0.778. The number of ether oxygens (including phenoxy) is 2. The molecule has 2 aliphatic carbocycles. The summed E-state index contributed by atoms with van der Waals surface area (Å²) < 4.78 is 46.1. The van der Waals surface area contributed by atoms with Crippen molar-refractivity contribution in [3.63, 3.8) is 0 Å². The van der Waals surface area contributed by atoms with Crippen LogP contribution in [0.25, 0.3) is 0 Å². The number of carbonyl (C=O) groups is 1. The Morgan fingerprint density at radius 1 is 1.19 bits per heavy atom. The van der Waals surface area contributed by atoms with Gasteiger partial charge in [0.15, 0.2) is 0 Å². The van der Waals surface area contributed by atoms with E-state index >= 15 is 0 Å². The smallest absolute Gasteiger partial charge is 0.367 e. The molecular formula is C27H40N2O6S. The number of esters is 1. The summed E-state index contributed by atoms with van der Waals surface area (Å²) in [5, 5.41) is 0. The molecule has 2 bridgehead atoms. The van der Waals surface area contributed by atoms with E-state index in [-0.39, 0.29) is 23.7 Å². The van der Waals surface area contributed by atoms with Crippen LogP contribution in [0.2, 0.25) is 0 Å². The number of carbonyl (C=O) groups excluding carboxylic acids is 1. The van der Waals surface area contributed by atoms with E-state index < -0.39 is 33.7 Å². The van der Waals surface area contributed by atoms with Gasteiger partial charge in [0.25, 0.3) is 0 Å². The van der Waals surface area contributed by atoms with Gasteiger partial charge in [0.1, 0.15) is 24.1 Å². The van der Waals surface area contributed by atoms with Gasteiger partial charge in [-0.25, -0.2) is 17.9 Å². The molecule has 3 heterocycles. The molecule has 36 heavy (non-hydrogen) atoms. The number of hydrogen-bond donors (Lipinski definition) is 0. The van der Waals surface area contributed by atoms with Crippen LogP contribution in [0.3, 0.4) is 0 Å². The minimum absolute atomic E-state index is 0.00440. The lowest BCUT2D eigenvalue weighted by Crippen LogP contribution is -2.62. The van der Waals surface area contributed by atoms with E-state index in [0.29, 0.717) is 18.3 Å². The van der Waals surface area contributed by atoms with Crippen LogP contribution in [-0.2, 0) is 28.8 Å². The van der Waals surface area contributed by atoms with Crippen LogP contribution in [0.4, 0.5) is 0 Å². The summed E-state index contributed by atoms with van der Waals surface area (Å²) in [4.78, 5) is 17.0. The minimum Gasteiger partial charge on any atom is -0.456 e. The molecule has 200 valence electrons. The topological polar surface area (TPSA) is 96.7 Å². The number of rotatable bonds is 7. The summed E-state index contributed by atoms with van der Waals surface area (Å²) in [7, 11) is -4.08. The van der Waals surface area contributed by atoms with Crippen LogP contribution >= 0.6 is 0 Å². The lowest BCUT2D eigenvalue weighted by molar-refractivity contribution is -0.262. The van der Waals surface area contributed by atoms with Crippen molar-refractivity contribution in [2.45, 2.75) is 102 Å². The highest BCUT2D eigenvalue weighted by Crippen LogP contribution is 2.63. The zero-order chi connectivity index (χ0) is 25.7. The van der Waals surface area contributed by atoms with E-state index in [2.05, 4.69) is 25.8 Å². The van der Waals surface area contributed by atoms with Gasteiger partial charge in [-0.3, -0.25) is 0 Å². The molecule has 7 unspecified atom stereocenters. The van der Waals surface area contributed by atoms with Crippen molar-refractivity contribution in [3.05, 3.63) is 30.9 Å². The van der Waals surface area contributed by atoms with Gasteiger partial charge in [-0.05, 0) is 56.3 Å².